The first-order valence-electron chi connectivity index (χ1n) is 19.6. The normalized spacial score (nSPS) is 21.4. The van der Waals surface area contributed by atoms with Gasteiger partial charge in [0, 0.05) is 94.1 Å². The van der Waals surface area contributed by atoms with Gasteiger partial charge in [-0.1, -0.05) is 6.08 Å². The number of benzene rings is 1. The van der Waals surface area contributed by atoms with Crippen LogP contribution in [0.3, 0.4) is 0 Å². The van der Waals surface area contributed by atoms with Crippen LogP contribution in [-0.4, -0.2) is 148 Å². The van der Waals surface area contributed by atoms with Crippen LogP contribution in [-0.2, 0) is 4.79 Å². The quantitative estimate of drug-likeness (QED) is 0.215. The first-order valence-corrected chi connectivity index (χ1v) is 20.4. The van der Waals surface area contributed by atoms with Crippen LogP contribution in [0.2, 0.25) is 0 Å². The van der Waals surface area contributed by atoms with Crippen molar-refractivity contribution in [2.75, 3.05) is 84.4 Å². The number of likely N-dealkylation sites (N-methyl/N-ethyl adjacent to an activating group) is 1. The van der Waals surface area contributed by atoms with E-state index in [2.05, 4.69) is 38.9 Å². The number of aromatic nitrogens is 3. The van der Waals surface area contributed by atoms with Gasteiger partial charge in [0.1, 0.15) is 17.9 Å². The number of amides is 2. The van der Waals surface area contributed by atoms with Gasteiger partial charge in [-0.15, -0.1) is 10.2 Å². The maximum Gasteiger partial charge on any atom is 0.282 e. The molecule has 2 amide bonds. The van der Waals surface area contributed by atoms with E-state index in [1.165, 1.54) is 37.4 Å². The summed E-state index contributed by atoms with van der Waals surface area (Å²) in [4.78, 5) is 39.0. The van der Waals surface area contributed by atoms with E-state index in [0.717, 1.165) is 90.6 Å². The Morgan fingerprint density at radius 1 is 1.04 bits per heavy atom. The van der Waals surface area contributed by atoms with Crippen LogP contribution in [0, 0.1) is 17.2 Å². The molecule has 5 heterocycles. The summed E-state index contributed by atoms with van der Waals surface area (Å²) in [5.74, 6) is 0.969. The fraction of sp³-hybridized carbons (Fsp3) is 0.667. The molecule has 0 bridgehead atoms. The molecule has 1 N–H and O–H groups in total. The minimum absolute atomic E-state index is 0.00207. The van der Waals surface area contributed by atoms with Crippen LogP contribution in [0.1, 0.15) is 70.2 Å². The number of anilines is 1. The molecule has 1 spiro atoms. The van der Waals surface area contributed by atoms with Gasteiger partial charge in [-0.2, -0.15) is 0 Å². The maximum absolute atomic E-state index is 14.4. The smallest absolute Gasteiger partial charge is 0.282 e. The van der Waals surface area contributed by atoms with Crippen molar-refractivity contribution in [3.8, 4) is 11.6 Å². The average Bonchev–Trinajstić information content (AvgIpc) is 3.55. The number of nitrogens with zero attached hydrogens (tertiary/aromatic N) is 9. The second kappa shape index (κ2) is 18.1. The van der Waals surface area contributed by atoms with Gasteiger partial charge in [0.15, 0.2) is 5.82 Å². The third-order valence-corrected chi connectivity index (χ3v) is 12.3. The molecule has 4 fully saturated rings. The summed E-state index contributed by atoms with van der Waals surface area (Å²) in [6, 6.07) is 4.08. The summed E-state index contributed by atoms with van der Waals surface area (Å²) in [6.07, 6.45) is 10.7. The molecule has 2 aromatic rings. The zero-order chi connectivity index (χ0) is 38.4. The van der Waals surface area contributed by atoms with Crippen molar-refractivity contribution < 1.29 is 18.7 Å². The highest BCUT2D eigenvalue weighted by molar-refractivity contribution is 7.94. The van der Waals surface area contributed by atoms with Crippen LogP contribution in [0.5, 0.6) is 11.6 Å². The lowest BCUT2D eigenvalue weighted by Gasteiger charge is -2.54. The number of carbonyl (C=O) groups is 2. The third kappa shape index (κ3) is 10.3. The topological polar surface area (TPSA) is 114 Å². The van der Waals surface area contributed by atoms with Gasteiger partial charge in [-0.25, -0.2) is 18.0 Å². The number of nitrogens with one attached hydrogen (secondary N) is 1. The Kier molecular flexibility index (Phi) is 13.5. The Morgan fingerprint density at radius 2 is 1.74 bits per heavy atom. The minimum atomic E-state index is -0.504. The van der Waals surface area contributed by atoms with Crippen molar-refractivity contribution in [3.05, 3.63) is 48.1 Å². The van der Waals surface area contributed by atoms with Crippen molar-refractivity contribution >= 4 is 29.8 Å². The summed E-state index contributed by atoms with van der Waals surface area (Å²) in [5, 5.41) is 11.4. The molecule has 0 saturated carbocycles. The summed E-state index contributed by atoms with van der Waals surface area (Å²) in [6.45, 7) is 17.7. The zero-order valence-corrected chi connectivity index (χ0v) is 33.7. The van der Waals surface area contributed by atoms with Gasteiger partial charge in [-0.05, 0) is 111 Å². The molecule has 1 aromatic heterocycles. The molecule has 4 aliphatic rings. The van der Waals surface area contributed by atoms with E-state index in [1.54, 1.807) is 11.0 Å². The van der Waals surface area contributed by atoms with Crippen LogP contribution < -0.4 is 15.0 Å². The van der Waals surface area contributed by atoms with Crippen molar-refractivity contribution in [2.24, 2.45) is 11.3 Å². The fourth-order valence-electron chi connectivity index (χ4n) is 8.29. The van der Waals surface area contributed by atoms with Gasteiger partial charge in [0.25, 0.3) is 11.8 Å². The van der Waals surface area contributed by atoms with E-state index in [9.17, 15) is 14.0 Å². The highest BCUT2D eigenvalue weighted by Crippen LogP contribution is 2.45. The molecule has 13 nitrogen and oxygen atoms in total. The zero-order valence-electron chi connectivity index (χ0n) is 32.9. The highest BCUT2D eigenvalue weighted by Gasteiger charge is 2.46. The standard InChI is InChI=1S/C39H59FN10O3S/c1-28(2)50(29(3)4)38(52)33-22-31(40)9-10-34(33)53-37-36(41-27-42-44-37)47-25-39(26-47)14-20-46(21-15-39)23-30-11-17-48(18-12-30)54-49-19-13-32(24-49)43-35(51)8-7-16-45(5)6/h7-10,22,27-30,32H,11-21,23-26H2,1-6H3,(H,43,51)/b8-7+/t32-/m1/s1. The van der Waals surface area contributed by atoms with Gasteiger partial charge < -0.3 is 29.7 Å². The van der Waals surface area contributed by atoms with Crippen LogP contribution in [0.25, 0.3) is 0 Å². The Labute approximate surface area is 324 Å². The summed E-state index contributed by atoms with van der Waals surface area (Å²) >= 11 is 1.86. The lowest BCUT2D eigenvalue weighted by atomic mass is 9.72. The van der Waals surface area contributed by atoms with Gasteiger partial charge in [0.05, 0.1) is 5.56 Å². The monoisotopic (exact) mass is 766 g/mol. The molecule has 54 heavy (non-hydrogen) atoms. The molecule has 0 unspecified atom stereocenters. The van der Waals surface area contributed by atoms with Crippen molar-refractivity contribution in [1.82, 2.24) is 43.8 Å². The largest absolute Gasteiger partial charge is 0.434 e. The predicted molar refractivity (Wildman–Crippen MR) is 211 cm³/mol. The lowest BCUT2D eigenvalue weighted by molar-refractivity contribution is -0.117. The lowest BCUT2D eigenvalue weighted by Crippen LogP contribution is -2.61. The van der Waals surface area contributed by atoms with E-state index in [4.69, 9.17) is 4.74 Å². The van der Waals surface area contributed by atoms with Crippen LogP contribution >= 0.6 is 12.1 Å². The van der Waals surface area contributed by atoms with E-state index in [-0.39, 0.29) is 52.5 Å². The highest BCUT2D eigenvalue weighted by atomic mass is 32.2. The first-order chi connectivity index (χ1) is 25.9. The summed E-state index contributed by atoms with van der Waals surface area (Å²) in [7, 11) is 3.98. The van der Waals surface area contributed by atoms with E-state index in [1.807, 2.05) is 64.9 Å². The Hall–Kier alpha value is -3.37. The fourth-order valence-corrected chi connectivity index (χ4v) is 9.42. The predicted octanol–water partition coefficient (Wildman–Crippen LogP) is 4.55. The third-order valence-electron chi connectivity index (χ3n) is 11.1. The molecule has 4 saturated heterocycles. The van der Waals surface area contributed by atoms with Crippen molar-refractivity contribution in [3.63, 3.8) is 0 Å². The second-order valence-electron chi connectivity index (χ2n) is 16.4. The number of likely N-dealkylation sites (tertiary alicyclic amines) is 1. The molecule has 296 valence electrons. The number of piperidine rings is 2. The molecule has 0 radical (unpaired) electrons. The molecule has 0 aliphatic carbocycles. The van der Waals surface area contributed by atoms with Crippen LogP contribution in [0.15, 0.2) is 36.7 Å². The number of hydrogen-bond acceptors (Lipinski definition) is 12. The van der Waals surface area contributed by atoms with E-state index < -0.39 is 5.82 Å². The van der Waals surface area contributed by atoms with Gasteiger partial charge in [-0.3, -0.25) is 9.59 Å². The Balaban J connectivity index is 0.935. The molecule has 6 rings (SSSR count). The Morgan fingerprint density at radius 3 is 2.43 bits per heavy atom. The second-order valence-corrected chi connectivity index (χ2v) is 17.6. The van der Waals surface area contributed by atoms with E-state index >= 15 is 0 Å². The van der Waals surface area contributed by atoms with Crippen molar-refractivity contribution in [1.29, 1.82) is 0 Å². The average molecular weight is 767 g/mol. The Bertz CT molecular complexity index is 1600. The number of ether oxygens (including phenoxy) is 1. The molecule has 1 atom stereocenters. The molecule has 4 aliphatic heterocycles. The number of carbonyl (C=O) groups excluding carboxylic acids is 2. The molecular formula is C39H59FN10O3S. The number of rotatable bonds is 14. The molecule has 15 heteroatoms. The SMILES string of the molecule is CC(C)N(C(=O)c1cc(F)ccc1Oc1nncnc1N1CC2(CCN(CC3CCN(SN4CC[C@@H](NC(=O)/C=C/CN(C)C)C4)CC3)CC2)C1)C(C)C. The number of halogens is 1. The van der Waals surface area contributed by atoms with Gasteiger partial charge in [0.2, 0.25) is 5.91 Å². The van der Waals surface area contributed by atoms with Gasteiger partial charge >= 0.3 is 0 Å². The van der Waals surface area contributed by atoms with Crippen LogP contribution in [0.4, 0.5) is 10.2 Å². The first kappa shape index (κ1) is 40.3. The number of hydrogen-bond donors (Lipinski definition) is 1. The molecular weight excluding hydrogens is 708 g/mol. The summed E-state index contributed by atoms with van der Waals surface area (Å²) < 4.78 is 25.5. The maximum atomic E-state index is 14.4. The minimum Gasteiger partial charge on any atom is -0.434 e. The van der Waals surface area contributed by atoms with Crippen molar-refractivity contribution in [2.45, 2.75) is 77.9 Å². The summed E-state index contributed by atoms with van der Waals surface area (Å²) in [5.41, 5.74) is 0.387. The molecule has 1 aromatic carbocycles. The van der Waals surface area contributed by atoms with E-state index in [0.29, 0.717) is 5.82 Å².